The Morgan fingerprint density at radius 2 is 2.07 bits per heavy atom. The van der Waals surface area contributed by atoms with E-state index in [2.05, 4.69) is 36.4 Å². The van der Waals surface area contributed by atoms with Gasteiger partial charge in [0.2, 0.25) is 0 Å². The van der Waals surface area contributed by atoms with Gasteiger partial charge < -0.3 is 10.6 Å². The van der Waals surface area contributed by atoms with Gasteiger partial charge in [-0.2, -0.15) is 0 Å². The monoisotopic (exact) mass is 227 g/mol. The van der Waals surface area contributed by atoms with Gasteiger partial charge in [0.15, 0.2) is 0 Å². The fraction of sp³-hybridized carbons (Fsp3) is 0.545. The van der Waals surface area contributed by atoms with Crippen molar-refractivity contribution in [3.8, 4) is 0 Å². The lowest BCUT2D eigenvalue weighted by molar-refractivity contribution is 0.424. The van der Waals surface area contributed by atoms with Crippen molar-refractivity contribution in [3.63, 3.8) is 0 Å². The number of nitrogens with one attached hydrogen (secondary N) is 2. The Bertz CT molecular complexity index is 331. The third-order valence-electron chi connectivity index (χ3n) is 1.96. The molecule has 1 aromatic heterocycles. The van der Waals surface area contributed by atoms with E-state index in [0.717, 1.165) is 17.9 Å². The van der Waals surface area contributed by atoms with E-state index in [1.54, 1.807) is 7.05 Å². The van der Waals surface area contributed by atoms with Crippen molar-refractivity contribution < 1.29 is 0 Å². The first-order valence-electron chi connectivity index (χ1n) is 4.99. The smallest absolute Gasteiger partial charge is 0.144 e. The third-order valence-corrected chi connectivity index (χ3v) is 2.25. The molecule has 0 radical (unpaired) electrons. The Balaban J connectivity index is 2.68. The largest absolute Gasteiger partial charge is 0.372 e. The van der Waals surface area contributed by atoms with Crippen LogP contribution in [0.25, 0.3) is 0 Å². The molecule has 3 nitrogen and oxygen atoms in total. The molecule has 0 fully saturated rings. The highest BCUT2D eigenvalue weighted by molar-refractivity contribution is 6.32. The molecule has 0 aliphatic rings. The van der Waals surface area contributed by atoms with Gasteiger partial charge in [-0.15, -0.1) is 0 Å². The highest BCUT2D eigenvalue weighted by atomic mass is 35.5. The van der Waals surface area contributed by atoms with Gasteiger partial charge >= 0.3 is 0 Å². The van der Waals surface area contributed by atoms with Crippen molar-refractivity contribution >= 4 is 17.4 Å². The van der Waals surface area contributed by atoms with E-state index in [1.807, 2.05) is 12.3 Å². The molecule has 0 aliphatic carbocycles. The summed E-state index contributed by atoms with van der Waals surface area (Å²) in [4.78, 5) is 4.21. The molecular weight excluding hydrogens is 210 g/mol. The van der Waals surface area contributed by atoms with Gasteiger partial charge in [0.1, 0.15) is 5.82 Å². The fourth-order valence-corrected chi connectivity index (χ4v) is 1.41. The first-order valence-corrected chi connectivity index (χ1v) is 5.37. The molecule has 0 aliphatic heterocycles. The lowest BCUT2D eigenvalue weighted by atomic mass is 10.1. The molecule has 2 N–H and O–H groups in total. The Labute approximate surface area is 96.2 Å². The highest BCUT2D eigenvalue weighted by Gasteiger charge is 2.09. The maximum atomic E-state index is 6.03. The molecule has 0 saturated heterocycles. The molecule has 1 rings (SSSR count). The molecular formula is C11H18ClN3. The second-order valence-corrected chi connectivity index (χ2v) is 4.93. The van der Waals surface area contributed by atoms with Crippen molar-refractivity contribution in [1.29, 1.82) is 0 Å². The second-order valence-electron chi connectivity index (χ2n) is 4.53. The van der Waals surface area contributed by atoms with Gasteiger partial charge in [0.05, 0.1) is 5.02 Å². The molecule has 0 unspecified atom stereocenters. The van der Waals surface area contributed by atoms with Gasteiger partial charge in [0.25, 0.3) is 0 Å². The molecule has 0 aromatic carbocycles. The zero-order chi connectivity index (χ0) is 11.5. The van der Waals surface area contributed by atoms with Crippen LogP contribution in [0.1, 0.15) is 26.3 Å². The Morgan fingerprint density at radius 3 is 2.53 bits per heavy atom. The number of halogens is 1. The summed E-state index contributed by atoms with van der Waals surface area (Å²) in [6.07, 6.45) is 1.83. The number of rotatable bonds is 3. The fourth-order valence-electron chi connectivity index (χ4n) is 1.13. The van der Waals surface area contributed by atoms with Gasteiger partial charge in [-0.3, -0.25) is 0 Å². The minimum atomic E-state index is 0.105. The van der Waals surface area contributed by atoms with Crippen LogP contribution in [-0.4, -0.2) is 17.6 Å². The number of nitrogens with zero attached hydrogens (tertiary/aromatic N) is 1. The van der Waals surface area contributed by atoms with Crippen molar-refractivity contribution in [2.45, 2.75) is 32.9 Å². The molecule has 15 heavy (non-hydrogen) atoms. The number of hydrogen-bond donors (Lipinski definition) is 2. The predicted molar refractivity (Wildman–Crippen MR) is 65.4 cm³/mol. The van der Waals surface area contributed by atoms with Crippen molar-refractivity contribution in [2.24, 2.45) is 0 Å². The summed E-state index contributed by atoms with van der Waals surface area (Å²) in [5.41, 5.74) is 1.20. The number of pyridine rings is 1. The van der Waals surface area contributed by atoms with E-state index in [4.69, 9.17) is 11.6 Å². The van der Waals surface area contributed by atoms with Gasteiger partial charge in [-0.05, 0) is 32.4 Å². The zero-order valence-electron chi connectivity index (χ0n) is 9.69. The Hall–Kier alpha value is -0.800. The van der Waals surface area contributed by atoms with Crippen LogP contribution in [0.4, 0.5) is 5.82 Å². The van der Waals surface area contributed by atoms with Crippen molar-refractivity contribution in [1.82, 2.24) is 10.3 Å². The Morgan fingerprint density at radius 1 is 1.40 bits per heavy atom. The topological polar surface area (TPSA) is 37.0 Å². The lowest BCUT2D eigenvalue weighted by Gasteiger charge is -2.20. The summed E-state index contributed by atoms with van der Waals surface area (Å²) in [6.45, 7) is 7.16. The van der Waals surface area contributed by atoms with Crippen molar-refractivity contribution in [2.75, 3.05) is 12.4 Å². The first kappa shape index (κ1) is 12.3. The molecule has 0 spiro atoms. The molecule has 0 bridgehead atoms. The minimum Gasteiger partial charge on any atom is -0.372 e. The highest BCUT2D eigenvalue weighted by Crippen LogP contribution is 2.19. The molecule has 0 atom stereocenters. The predicted octanol–water partition coefficient (Wildman–Crippen LogP) is 2.66. The van der Waals surface area contributed by atoms with Crippen LogP contribution in [0.2, 0.25) is 5.02 Å². The number of anilines is 1. The van der Waals surface area contributed by atoms with Crippen LogP contribution in [0.3, 0.4) is 0 Å². The van der Waals surface area contributed by atoms with Crippen LogP contribution in [0, 0.1) is 0 Å². The lowest BCUT2D eigenvalue weighted by Crippen LogP contribution is -2.35. The summed E-state index contributed by atoms with van der Waals surface area (Å²) in [5.74, 6) is 0.719. The first-order chi connectivity index (χ1) is 6.92. The summed E-state index contributed by atoms with van der Waals surface area (Å²) in [6, 6.07) is 1.93. The Kier molecular flexibility index (Phi) is 3.94. The molecule has 0 amide bonds. The quantitative estimate of drug-likeness (QED) is 0.834. The van der Waals surface area contributed by atoms with Crippen LogP contribution < -0.4 is 10.6 Å². The third kappa shape index (κ3) is 4.06. The maximum absolute atomic E-state index is 6.03. The van der Waals surface area contributed by atoms with Crippen LogP contribution in [0.15, 0.2) is 12.3 Å². The number of aromatic nitrogens is 1. The van der Waals surface area contributed by atoms with E-state index >= 15 is 0 Å². The van der Waals surface area contributed by atoms with Crippen LogP contribution >= 0.6 is 11.6 Å². The molecule has 1 aromatic rings. The average Bonchev–Trinajstić information content (AvgIpc) is 2.14. The SMILES string of the molecule is CNc1ncc(CNC(C)(C)C)cc1Cl. The summed E-state index contributed by atoms with van der Waals surface area (Å²) < 4.78 is 0. The van der Waals surface area contributed by atoms with E-state index in [0.29, 0.717) is 5.02 Å². The van der Waals surface area contributed by atoms with E-state index in [-0.39, 0.29) is 5.54 Å². The standard InChI is InChI=1S/C11H18ClN3/c1-11(2,3)15-7-8-5-9(12)10(13-4)14-6-8/h5-6,15H,7H2,1-4H3,(H,13,14). The number of hydrogen-bond acceptors (Lipinski definition) is 3. The maximum Gasteiger partial charge on any atom is 0.144 e. The molecule has 1 heterocycles. The second kappa shape index (κ2) is 4.81. The molecule has 84 valence electrons. The van der Waals surface area contributed by atoms with Crippen LogP contribution in [0.5, 0.6) is 0 Å². The molecule has 4 heteroatoms. The molecule has 0 saturated carbocycles. The normalized spacial score (nSPS) is 11.5. The summed E-state index contributed by atoms with van der Waals surface area (Å²) in [7, 11) is 1.81. The van der Waals surface area contributed by atoms with Gasteiger partial charge in [0, 0.05) is 25.3 Å². The van der Waals surface area contributed by atoms with E-state index in [9.17, 15) is 0 Å². The van der Waals surface area contributed by atoms with E-state index in [1.165, 1.54) is 0 Å². The zero-order valence-corrected chi connectivity index (χ0v) is 10.4. The van der Waals surface area contributed by atoms with Gasteiger partial charge in [-0.1, -0.05) is 11.6 Å². The van der Waals surface area contributed by atoms with E-state index < -0.39 is 0 Å². The summed E-state index contributed by atoms with van der Waals surface area (Å²) >= 11 is 6.03. The average molecular weight is 228 g/mol. The van der Waals surface area contributed by atoms with Crippen LogP contribution in [-0.2, 0) is 6.54 Å². The van der Waals surface area contributed by atoms with Crippen molar-refractivity contribution in [3.05, 3.63) is 22.8 Å². The minimum absolute atomic E-state index is 0.105. The van der Waals surface area contributed by atoms with Gasteiger partial charge in [-0.25, -0.2) is 4.98 Å². The summed E-state index contributed by atoms with van der Waals surface area (Å²) in [5, 5.41) is 6.97.